The van der Waals surface area contributed by atoms with E-state index in [-0.39, 0.29) is 43.6 Å². The molecule has 0 saturated heterocycles. The molecular weight excluding hydrogens is 792 g/mol. The quantitative estimate of drug-likeness (QED) is 0.0682. The lowest BCUT2D eigenvalue weighted by molar-refractivity contribution is 0.101. The van der Waals surface area contributed by atoms with Crippen molar-refractivity contribution < 1.29 is 19.5 Å². The van der Waals surface area contributed by atoms with Crippen LogP contribution in [0.15, 0.2) is 60.7 Å². The van der Waals surface area contributed by atoms with E-state index in [1.54, 1.807) is 19.1 Å². The summed E-state index contributed by atoms with van der Waals surface area (Å²) in [5.74, 6) is -0.124. The standard InChI is InChI=1S/C58H82O4P/c1-20-53(8,9)39-28-37-30-46(55(12,13)22-3)44(34-42(37)48(32-39)57(16,17)24-5)51-41(36(7)59)26-27-50(63(60,61)62)52(51)45-35-43-38(31-47(45)56(14,15)23-4)29-40(54(10,11)21-2)33-49(43)58(18,19)25-6/h26-35,60-62H,20-25H2,1-19H3/q+1. The van der Waals surface area contributed by atoms with Gasteiger partial charge in [-0.1, -0.05) is 149 Å². The Morgan fingerprint density at radius 1 is 0.444 bits per heavy atom. The maximum absolute atomic E-state index is 14.3. The summed E-state index contributed by atoms with van der Waals surface area (Å²) < 4.78 is 0. The van der Waals surface area contributed by atoms with E-state index in [1.807, 2.05) is 0 Å². The molecule has 0 spiro atoms. The highest BCUT2D eigenvalue weighted by atomic mass is 31.2. The van der Waals surface area contributed by atoms with Gasteiger partial charge in [0, 0.05) is 16.7 Å². The summed E-state index contributed by atoms with van der Waals surface area (Å²) in [6, 6.07) is 22.1. The van der Waals surface area contributed by atoms with Crippen LogP contribution < -0.4 is 5.30 Å². The van der Waals surface area contributed by atoms with E-state index in [1.165, 1.54) is 22.3 Å². The lowest BCUT2D eigenvalue weighted by Gasteiger charge is -2.34. The maximum Gasteiger partial charge on any atom is 0.441 e. The van der Waals surface area contributed by atoms with Crippen LogP contribution in [0.2, 0.25) is 0 Å². The van der Waals surface area contributed by atoms with Crippen LogP contribution in [0, 0.1) is 0 Å². The zero-order valence-corrected chi connectivity index (χ0v) is 43.6. The minimum Gasteiger partial charge on any atom is -0.294 e. The number of rotatable bonds is 16. The summed E-state index contributed by atoms with van der Waals surface area (Å²) in [5.41, 5.74) is 9.41. The van der Waals surface area contributed by atoms with Crippen molar-refractivity contribution in [3.05, 3.63) is 99.6 Å². The summed E-state index contributed by atoms with van der Waals surface area (Å²) in [7, 11) is -4.69. The maximum atomic E-state index is 14.3. The molecule has 0 atom stereocenters. The third-order valence-corrected chi connectivity index (χ3v) is 17.4. The number of hydrogen-bond acceptors (Lipinski definition) is 4. The SMILES string of the molecule is CCC(C)(C)c1cc(C(C)(C)CC)c2cc(-c3c(C(C)=O)ccc([P+](O)(O)O)c3-c3cc4c(C(C)(C)CC)cc(C(C)(C)CC)cc4cc3C(C)(C)CC)c(C(C)(C)CC)cc2c1. The van der Waals surface area contributed by atoms with Crippen molar-refractivity contribution in [1.82, 2.24) is 0 Å². The molecule has 63 heavy (non-hydrogen) atoms. The van der Waals surface area contributed by atoms with E-state index in [9.17, 15) is 19.5 Å². The predicted octanol–water partition coefficient (Wildman–Crippen LogP) is 16.0. The molecule has 0 amide bonds. The van der Waals surface area contributed by atoms with Crippen molar-refractivity contribution in [2.75, 3.05) is 0 Å². The highest BCUT2D eigenvalue weighted by molar-refractivity contribution is 7.67. The van der Waals surface area contributed by atoms with Gasteiger partial charge in [-0.3, -0.25) is 4.79 Å². The average molecular weight is 874 g/mol. The summed E-state index contributed by atoms with van der Waals surface area (Å²) in [6.07, 6.45) is 5.48. The summed E-state index contributed by atoms with van der Waals surface area (Å²) in [6.45, 7) is 42.6. The molecule has 0 fully saturated rings. The van der Waals surface area contributed by atoms with Gasteiger partial charge in [-0.25, -0.2) is 0 Å². The van der Waals surface area contributed by atoms with E-state index in [0.29, 0.717) is 16.7 Å². The second-order valence-electron chi connectivity index (χ2n) is 22.7. The lowest BCUT2D eigenvalue weighted by atomic mass is 9.70. The van der Waals surface area contributed by atoms with Gasteiger partial charge in [-0.05, 0) is 180 Å². The molecule has 5 aromatic rings. The lowest BCUT2D eigenvalue weighted by Crippen LogP contribution is -2.24. The molecule has 0 radical (unpaired) electrons. The van der Waals surface area contributed by atoms with E-state index in [2.05, 4.69) is 173 Å². The molecule has 5 heteroatoms. The normalized spacial score (nSPS) is 13.7. The molecule has 0 aliphatic rings. The fraction of sp³-hybridized carbons (Fsp3) is 0.534. The number of carbonyl (C=O) groups excluding carboxylic acids is 1. The largest absolute Gasteiger partial charge is 0.441 e. The third-order valence-electron chi connectivity index (χ3n) is 16.4. The minimum atomic E-state index is -4.69. The number of fused-ring (bicyclic) bond motifs is 2. The second-order valence-corrected chi connectivity index (χ2v) is 24.3. The first kappa shape index (κ1) is 50.6. The fourth-order valence-electron chi connectivity index (χ4n) is 9.12. The Kier molecular flexibility index (Phi) is 14.0. The molecule has 0 unspecified atom stereocenters. The van der Waals surface area contributed by atoms with Gasteiger partial charge in [0.25, 0.3) is 0 Å². The second kappa shape index (κ2) is 17.4. The molecule has 0 aliphatic heterocycles. The number of hydrogen-bond donors (Lipinski definition) is 3. The van der Waals surface area contributed by atoms with Crippen LogP contribution in [-0.4, -0.2) is 20.5 Å². The predicted molar refractivity (Wildman–Crippen MR) is 275 cm³/mol. The van der Waals surface area contributed by atoms with Crippen molar-refractivity contribution in [3.63, 3.8) is 0 Å². The summed E-state index contributed by atoms with van der Waals surface area (Å²) in [4.78, 5) is 49.3. The average Bonchev–Trinajstić information content (AvgIpc) is 3.23. The summed E-state index contributed by atoms with van der Waals surface area (Å²) in [5, 5.41) is 4.58. The van der Waals surface area contributed by atoms with Crippen LogP contribution in [0.5, 0.6) is 0 Å². The fourth-order valence-corrected chi connectivity index (χ4v) is 9.92. The zero-order chi connectivity index (χ0) is 47.6. The molecule has 0 aromatic heterocycles. The van der Waals surface area contributed by atoms with Gasteiger partial charge in [-0.2, -0.15) is 14.7 Å². The van der Waals surface area contributed by atoms with Crippen molar-refractivity contribution in [2.24, 2.45) is 0 Å². The zero-order valence-electron chi connectivity index (χ0n) is 42.7. The van der Waals surface area contributed by atoms with Gasteiger partial charge < -0.3 is 0 Å². The smallest absolute Gasteiger partial charge is 0.294 e. The van der Waals surface area contributed by atoms with Crippen LogP contribution in [0.4, 0.5) is 0 Å². The first-order chi connectivity index (χ1) is 28.9. The van der Waals surface area contributed by atoms with Crippen LogP contribution in [-0.2, 0) is 32.5 Å². The molecule has 3 N–H and O–H groups in total. The van der Waals surface area contributed by atoms with Crippen LogP contribution in [0.25, 0.3) is 43.8 Å². The Morgan fingerprint density at radius 2 is 0.778 bits per heavy atom. The van der Waals surface area contributed by atoms with Crippen LogP contribution in [0.1, 0.15) is 214 Å². The molecule has 0 bridgehead atoms. The monoisotopic (exact) mass is 874 g/mol. The molecule has 4 nitrogen and oxygen atoms in total. The molecule has 0 heterocycles. The van der Waals surface area contributed by atoms with Crippen molar-refractivity contribution >= 4 is 40.6 Å². The molecule has 342 valence electrons. The van der Waals surface area contributed by atoms with Gasteiger partial charge in [-0.15, -0.1) is 0 Å². The van der Waals surface area contributed by atoms with E-state index >= 15 is 0 Å². The van der Waals surface area contributed by atoms with Gasteiger partial charge in [0.2, 0.25) is 0 Å². The minimum absolute atomic E-state index is 0.0393. The van der Waals surface area contributed by atoms with Crippen molar-refractivity contribution in [2.45, 2.75) is 203 Å². The first-order valence-corrected chi connectivity index (χ1v) is 25.6. The van der Waals surface area contributed by atoms with Gasteiger partial charge >= 0.3 is 7.94 Å². The van der Waals surface area contributed by atoms with Crippen LogP contribution >= 0.6 is 7.94 Å². The third kappa shape index (κ3) is 9.36. The number of benzene rings is 5. The highest BCUT2D eigenvalue weighted by Gasteiger charge is 2.42. The van der Waals surface area contributed by atoms with Gasteiger partial charge in [0.05, 0.1) is 0 Å². The topological polar surface area (TPSA) is 77.8 Å². The van der Waals surface area contributed by atoms with Crippen molar-refractivity contribution in [3.8, 4) is 22.3 Å². The number of carbonyl (C=O) groups is 1. The Morgan fingerprint density at radius 3 is 1.10 bits per heavy atom. The molecule has 5 rings (SSSR count). The first-order valence-electron chi connectivity index (χ1n) is 23.9. The molecular formula is C58H82O4P+. The molecule has 0 saturated carbocycles. The van der Waals surface area contributed by atoms with Gasteiger partial charge in [0.1, 0.15) is 0 Å². The van der Waals surface area contributed by atoms with Crippen LogP contribution in [0.3, 0.4) is 0 Å². The van der Waals surface area contributed by atoms with Crippen molar-refractivity contribution in [1.29, 1.82) is 0 Å². The Bertz CT molecular complexity index is 2540. The van der Waals surface area contributed by atoms with Gasteiger partial charge in [0.15, 0.2) is 11.1 Å². The Hall–Kier alpha value is -3.40. The summed E-state index contributed by atoms with van der Waals surface area (Å²) >= 11 is 0. The van der Waals surface area contributed by atoms with E-state index < -0.39 is 7.94 Å². The Labute approximate surface area is 382 Å². The van der Waals surface area contributed by atoms with E-state index in [0.717, 1.165) is 82.3 Å². The van der Waals surface area contributed by atoms with E-state index in [4.69, 9.17) is 0 Å². The number of ketones is 1. The highest BCUT2D eigenvalue weighted by Crippen LogP contribution is 2.54. The molecule has 0 aliphatic carbocycles. The molecule has 5 aromatic carbocycles. The Balaban J connectivity index is 2.19. The number of Topliss-reactive ketones (excluding diaryl/α,β-unsaturated/α-hetero) is 1.